The minimum absolute atomic E-state index is 0.0751. The van der Waals surface area contributed by atoms with Gasteiger partial charge >= 0.3 is 5.97 Å². The number of carbonyl (C=O) groups is 2. The van der Waals surface area contributed by atoms with Gasteiger partial charge in [0.2, 0.25) is 0 Å². The van der Waals surface area contributed by atoms with Crippen molar-refractivity contribution in [3.63, 3.8) is 0 Å². The van der Waals surface area contributed by atoms with Crippen LogP contribution in [0.1, 0.15) is 32.9 Å². The maximum Gasteiger partial charge on any atom is 0.335 e. The highest BCUT2D eigenvalue weighted by atomic mass is 79.9. The first kappa shape index (κ1) is 24.6. The number of hydrogen-bond donors (Lipinski definition) is 2. The molecule has 0 fully saturated rings. The first-order chi connectivity index (χ1) is 16.3. The van der Waals surface area contributed by atoms with Gasteiger partial charge in [0.15, 0.2) is 0 Å². The maximum absolute atomic E-state index is 12.7. The fourth-order valence-corrected chi connectivity index (χ4v) is 3.68. The minimum atomic E-state index is -1.02. The zero-order valence-electron chi connectivity index (χ0n) is 18.2. The number of hydrazone groups is 1. The number of aromatic carboxylic acids is 1. The van der Waals surface area contributed by atoms with Crippen LogP contribution in [-0.4, -0.2) is 34.9 Å². The van der Waals surface area contributed by atoms with Crippen LogP contribution >= 0.6 is 15.9 Å². The van der Waals surface area contributed by atoms with Crippen LogP contribution in [0.15, 0.2) is 55.2 Å². The molecule has 0 saturated carbocycles. The number of furan rings is 1. The van der Waals surface area contributed by atoms with Gasteiger partial charge < -0.3 is 18.8 Å². The van der Waals surface area contributed by atoms with E-state index in [0.717, 1.165) is 0 Å². The van der Waals surface area contributed by atoms with Crippen LogP contribution in [0.5, 0.6) is 0 Å². The molecule has 2 N–H and O–H groups in total. The molecule has 0 aliphatic heterocycles. The van der Waals surface area contributed by atoms with Gasteiger partial charge in [0.1, 0.15) is 29.7 Å². The summed E-state index contributed by atoms with van der Waals surface area (Å²) in [6.07, 6.45) is 1.29. The van der Waals surface area contributed by atoms with Crippen molar-refractivity contribution in [3.05, 3.63) is 79.4 Å². The largest absolute Gasteiger partial charge is 0.478 e. The van der Waals surface area contributed by atoms with Crippen molar-refractivity contribution < 1.29 is 23.8 Å². The second-order valence-electron chi connectivity index (χ2n) is 7.07. The lowest BCUT2D eigenvalue weighted by molar-refractivity contribution is -0.121. The Labute approximate surface area is 202 Å². The number of benzene rings is 1. The van der Waals surface area contributed by atoms with E-state index in [0.29, 0.717) is 32.8 Å². The fraction of sp³-hybridized carbons (Fsp3) is 0.174. The smallest absolute Gasteiger partial charge is 0.335 e. The van der Waals surface area contributed by atoms with E-state index in [9.17, 15) is 19.6 Å². The molecule has 0 aliphatic rings. The van der Waals surface area contributed by atoms with Gasteiger partial charge in [-0.2, -0.15) is 10.4 Å². The Bertz CT molecular complexity index is 1370. The number of aromatic nitrogens is 1. The van der Waals surface area contributed by atoms with Crippen molar-refractivity contribution in [2.24, 2.45) is 5.10 Å². The molecular weight excluding hydrogens is 508 g/mol. The highest BCUT2D eigenvalue weighted by Gasteiger charge is 2.19. The predicted octanol–water partition coefficient (Wildman–Crippen LogP) is 3.05. The molecule has 0 saturated heterocycles. The predicted molar refractivity (Wildman–Crippen MR) is 125 cm³/mol. The first-order valence-corrected chi connectivity index (χ1v) is 10.6. The molecule has 0 aliphatic carbocycles. The Kier molecular flexibility index (Phi) is 7.78. The molecule has 0 unspecified atom stereocenters. The fourth-order valence-electron chi connectivity index (χ4n) is 3.15. The number of nitriles is 1. The van der Waals surface area contributed by atoms with E-state index < -0.39 is 17.4 Å². The molecule has 2 aromatic heterocycles. The summed E-state index contributed by atoms with van der Waals surface area (Å²) in [5.41, 5.74) is 3.36. The molecule has 11 heteroatoms. The molecule has 34 heavy (non-hydrogen) atoms. The van der Waals surface area contributed by atoms with Gasteiger partial charge in [0.05, 0.1) is 18.4 Å². The molecule has 0 spiro atoms. The number of carbonyl (C=O) groups excluding carboxylic acids is 1. The number of nitrogens with zero attached hydrogens (tertiary/aromatic N) is 3. The standard InChI is InChI=1S/C23H19BrN4O6/c1-13-21(24)18(12-33-2)17(9-25)22(30)28(13)11-20(29)27-26-10-16-7-8-19(34-16)14-3-5-15(6-4-14)23(31)32/h3-8,10H,11-12H2,1-2H3,(H,27,29)(H,31,32). The summed E-state index contributed by atoms with van der Waals surface area (Å²) >= 11 is 3.37. The second kappa shape index (κ2) is 10.7. The third-order valence-electron chi connectivity index (χ3n) is 4.87. The van der Waals surface area contributed by atoms with Crippen LogP contribution in [0.4, 0.5) is 0 Å². The summed E-state index contributed by atoms with van der Waals surface area (Å²) in [7, 11) is 1.46. The third kappa shape index (κ3) is 5.31. The number of carboxylic acid groups (broad SMARTS) is 1. The molecule has 2 heterocycles. The zero-order chi connectivity index (χ0) is 24.8. The normalized spacial score (nSPS) is 10.9. The highest BCUT2D eigenvalue weighted by molar-refractivity contribution is 9.10. The van der Waals surface area contributed by atoms with E-state index in [1.807, 2.05) is 6.07 Å². The van der Waals surface area contributed by atoms with Crippen LogP contribution in [-0.2, 0) is 22.7 Å². The van der Waals surface area contributed by atoms with Crippen molar-refractivity contribution in [2.75, 3.05) is 7.11 Å². The zero-order valence-corrected chi connectivity index (χ0v) is 19.7. The number of rotatable bonds is 8. The van der Waals surface area contributed by atoms with Gasteiger partial charge in [0.25, 0.3) is 11.5 Å². The van der Waals surface area contributed by atoms with Crippen molar-refractivity contribution >= 4 is 34.0 Å². The van der Waals surface area contributed by atoms with E-state index in [2.05, 4.69) is 26.5 Å². The molecule has 3 aromatic rings. The van der Waals surface area contributed by atoms with Gasteiger partial charge in [0, 0.05) is 28.4 Å². The summed E-state index contributed by atoms with van der Waals surface area (Å²) in [6.45, 7) is 1.38. The maximum atomic E-state index is 12.7. The van der Waals surface area contributed by atoms with Gasteiger partial charge in [-0.25, -0.2) is 10.2 Å². The van der Waals surface area contributed by atoms with E-state index in [-0.39, 0.29) is 24.3 Å². The molecule has 10 nitrogen and oxygen atoms in total. The van der Waals surface area contributed by atoms with E-state index in [1.54, 1.807) is 31.2 Å². The minimum Gasteiger partial charge on any atom is -0.478 e. The van der Waals surface area contributed by atoms with Gasteiger partial charge in [-0.3, -0.25) is 9.59 Å². The van der Waals surface area contributed by atoms with Crippen LogP contribution in [0.3, 0.4) is 0 Å². The Morgan fingerprint density at radius 1 is 1.29 bits per heavy atom. The van der Waals surface area contributed by atoms with Crippen molar-refractivity contribution in [1.29, 1.82) is 5.26 Å². The molecule has 1 aromatic carbocycles. The van der Waals surface area contributed by atoms with Crippen LogP contribution in [0, 0.1) is 18.3 Å². The summed E-state index contributed by atoms with van der Waals surface area (Å²) in [5.74, 6) is -0.747. The van der Waals surface area contributed by atoms with Crippen LogP contribution in [0.2, 0.25) is 0 Å². The number of hydrogen-bond acceptors (Lipinski definition) is 7. The first-order valence-electron chi connectivity index (χ1n) is 9.83. The average Bonchev–Trinajstić information content (AvgIpc) is 3.29. The number of halogens is 1. The topological polar surface area (TPSA) is 147 Å². The number of ether oxygens (including phenoxy) is 1. The van der Waals surface area contributed by atoms with Gasteiger partial charge in [-0.05, 0) is 47.1 Å². The van der Waals surface area contributed by atoms with Gasteiger partial charge in [-0.15, -0.1) is 0 Å². The monoisotopic (exact) mass is 526 g/mol. The van der Waals surface area contributed by atoms with Crippen molar-refractivity contribution in [2.45, 2.75) is 20.1 Å². The second-order valence-corrected chi connectivity index (χ2v) is 7.86. The van der Waals surface area contributed by atoms with E-state index >= 15 is 0 Å². The Hall–Kier alpha value is -4.01. The number of nitrogens with one attached hydrogen (secondary N) is 1. The lowest BCUT2D eigenvalue weighted by Gasteiger charge is -2.15. The number of pyridine rings is 1. The SMILES string of the molecule is COCc1c(Br)c(C)n(CC(=O)NN=Cc2ccc(-c3ccc(C(=O)O)cc3)o2)c(=O)c1C#N. The number of carboxylic acids is 1. The Morgan fingerprint density at radius 2 is 2.00 bits per heavy atom. The lowest BCUT2D eigenvalue weighted by atomic mass is 10.1. The van der Waals surface area contributed by atoms with Crippen LogP contribution in [0.25, 0.3) is 11.3 Å². The average molecular weight is 527 g/mol. The molecule has 0 bridgehead atoms. The summed E-state index contributed by atoms with van der Waals surface area (Å²) in [6, 6.07) is 11.4. The summed E-state index contributed by atoms with van der Waals surface area (Å²) in [4.78, 5) is 36.0. The molecule has 174 valence electrons. The quantitative estimate of drug-likeness (QED) is 0.338. The summed E-state index contributed by atoms with van der Waals surface area (Å²) in [5, 5.41) is 22.2. The highest BCUT2D eigenvalue weighted by Crippen LogP contribution is 2.24. The molecule has 0 radical (unpaired) electrons. The lowest BCUT2D eigenvalue weighted by Crippen LogP contribution is -2.33. The van der Waals surface area contributed by atoms with Gasteiger partial charge in [-0.1, -0.05) is 12.1 Å². The third-order valence-corrected chi connectivity index (χ3v) is 5.93. The molecular formula is C23H19BrN4O6. The van der Waals surface area contributed by atoms with Crippen molar-refractivity contribution in [1.82, 2.24) is 9.99 Å². The molecule has 0 atom stereocenters. The Morgan fingerprint density at radius 3 is 2.62 bits per heavy atom. The molecule has 3 rings (SSSR count). The van der Waals surface area contributed by atoms with Crippen LogP contribution < -0.4 is 11.0 Å². The van der Waals surface area contributed by atoms with Crippen molar-refractivity contribution in [3.8, 4) is 17.4 Å². The van der Waals surface area contributed by atoms with E-state index in [4.69, 9.17) is 14.3 Å². The summed E-state index contributed by atoms with van der Waals surface area (Å²) < 4.78 is 12.4. The number of methoxy groups -OCH3 is 1. The Balaban J connectivity index is 1.70. The van der Waals surface area contributed by atoms with E-state index in [1.165, 1.54) is 30.0 Å². The molecule has 1 amide bonds. The number of amides is 1.